The Morgan fingerprint density at radius 1 is 1.13 bits per heavy atom. The number of methoxy groups -OCH3 is 1. The molecule has 0 unspecified atom stereocenters. The Labute approximate surface area is 173 Å². The van der Waals surface area contributed by atoms with Crippen LogP contribution in [-0.2, 0) is 16.0 Å². The Bertz CT molecular complexity index is 1090. The molecule has 1 aliphatic rings. The van der Waals surface area contributed by atoms with E-state index in [1.807, 2.05) is 30.5 Å². The van der Waals surface area contributed by atoms with E-state index in [9.17, 15) is 14.4 Å². The summed E-state index contributed by atoms with van der Waals surface area (Å²) in [7, 11) is 1.56. The smallest absolute Gasteiger partial charge is 0.324 e. The standard InChI is InChI=1S/C22H22N4O4/c1-30-16-8-6-15(7-9-16)24-20(27)12-19-21(28)26(22(29)25-19)11-10-14-13-23-18-5-3-2-4-17(14)18/h2-9,13,19,23H,10-12H2,1H3,(H,24,27)(H,25,29)/t19-/m0/s1. The number of rotatable bonds is 7. The molecule has 3 aromatic rings. The lowest BCUT2D eigenvalue weighted by Crippen LogP contribution is -2.34. The summed E-state index contributed by atoms with van der Waals surface area (Å²) in [6, 6.07) is 13.4. The van der Waals surface area contributed by atoms with Gasteiger partial charge in [-0.25, -0.2) is 4.79 Å². The third-order valence-corrected chi connectivity index (χ3v) is 5.15. The summed E-state index contributed by atoms with van der Waals surface area (Å²) in [5.74, 6) is -0.0564. The van der Waals surface area contributed by atoms with Gasteiger partial charge in [0.15, 0.2) is 0 Å². The molecule has 0 spiro atoms. The first-order chi connectivity index (χ1) is 14.5. The van der Waals surface area contributed by atoms with Crippen LogP contribution in [0.4, 0.5) is 10.5 Å². The molecule has 1 saturated heterocycles. The molecule has 154 valence electrons. The van der Waals surface area contributed by atoms with E-state index in [2.05, 4.69) is 15.6 Å². The van der Waals surface area contributed by atoms with Gasteiger partial charge >= 0.3 is 6.03 Å². The molecule has 8 nitrogen and oxygen atoms in total. The zero-order valence-corrected chi connectivity index (χ0v) is 16.5. The van der Waals surface area contributed by atoms with Gasteiger partial charge in [-0.05, 0) is 42.3 Å². The molecule has 0 aliphatic carbocycles. The minimum Gasteiger partial charge on any atom is -0.497 e. The first-order valence-corrected chi connectivity index (χ1v) is 9.66. The quantitative estimate of drug-likeness (QED) is 0.525. The molecule has 0 radical (unpaired) electrons. The van der Waals surface area contributed by atoms with Gasteiger partial charge in [-0.2, -0.15) is 0 Å². The molecule has 0 saturated carbocycles. The van der Waals surface area contributed by atoms with Crippen LogP contribution < -0.4 is 15.4 Å². The van der Waals surface area contributed by atoms with Gasteiger partial charge in [0, 0.05) is 29.3 Å². The number of nitrogens with one attached hydrogen (secondary N) is 3. The highest BCUT2D eigenvalue weighted by molar-refractivity contribution is 6.07. The van der Waals surface area contributed by atoms with Crippen molar-refractivity contribution in [1.29, 1.82) is 0 Å². The second-order valence-corrected chi connectivity index (χ2v) is 7.08. The Morgan fingerprint density at radius 2 is 1.90 bits per heavy atom. The number of imide groups is 1. The number of ether oxygens (including phenoxy) is 1. The average Bonchev–Trinajstić information content (AvgIpc) is 3.28. The third kappa shape index (κ3) is 3.98. The number of hydrogen-bond donors (Lipinski definition) is 3. The van der Waals surface area contributed by atoms with Gasteiger partial charge in [0.05, 0.1) is 13.5 Å². The number of H-pyrrole nitrogens is 1. The van der Waals surface area contributed by atoms with Crippen molar-refractivity contribution >= 4 is 34.4 Å². The van der Waals surface area contributed by atoms with Crippen LogP contribution >= 0.6 is 0 Å². The molecule has 2 aromatic carbocycles. The van der Waals surface area contributed by atoms with Crippen molar-refractivity contribution in [2.75, 3.05) is 19.0 Å². The molecular weight excluding hydrogens is 384 g/mol. The van der Waals surface area contributed by atoms with Gasteiger partial charge in [-0.1, -0.05) is 18.2 Å². The molecular formula is C22H22N4O4. The van der Waals surface area contributed by atoms with E-state index in [1.54, 1.807) is 31.4 Å². The van der Waals surface area contributed by atoms with Crippen molar-refractivity contribution in [3.05, 3.63) is 60.3 Å². The van der Waals surface area contributed by atoms with Crippen LogP contribution in [0.15, 0.2) is 54.7 Å². The molecule has 1 aromatic heterocycles. The van der Waals surface area contributed by atoms with E-state index in [0.29, 0.717) is 17.9 Å². The van der Waals surface area contributed by atoms with Crippen LogP contribution in [0.5, 0.6) is 5.75 Å². The van der Waals surface area contributed by atoms with Crippen LogP contribution in [-0.4, -0.2) is 47.4 Å². The molecule has 1 fully saturated rings. The van der Waals surface area contributed by atoms with Gasteiger partial charge in [0.1, 0.15) is 11.8 Å². The number of carbonyl (C=O) groups is 3. The minimum absolute atomic E-state index is 0.125. The number of aromatic nitrogens is 1. The average molecular weight is 406 g/mol. The summed E-state index contributed by atoms with van der Waals surface area (Å²) in [5, 5.41) is 6.40. The lowest BCUT2D eigenvalue weighted by molar-refractivity contribution is -0.129. The fourth-order valence-electron chi connectivity index (χ4n) is 3.57. The van der Waals surface area contributed by atoms with Gasteiger partial charge in [0.25, 0.3) is 5.91 Å². The molecule has 4 rings (SSSR count). The molecule has 1 atom stereocenters. The number of para-hydroxylation sites is 1. The van der Waals surface area contributed by atoms with Gasteiger partial charge < -0.3 is 20.4 Å². The molecule has 4 amide bonds. The summed E-state index contributed by atoms with van der Waals surface area (Å²) in [6.07, 6.45) is 2.30. The van der Waals surface area contributed by atoms with E-state index < -0.39 is 12.1 Å². The van der Waals surface area contributed by atoms with Crippen molar-refractivity contribution in [1.82, 2.24) is 15.2 Å². The van der Waals surface area contributed by atoms with Gasteiger partial charge in [0.2, 0.25) is 5.91 Å². The Morgan fingerprint density at radius 3 is 2.67 bits per heavy atom. The first-order valence-electron chi connectivity index (χ1n) is 9.66. The highest BCUT2D eigenvalue weighted by atomic mass is 16.5. The summed E-state index contributed by atoms with van der Waals surface area (Å²) < 4.78 is 5.08. The van der Waals surface area contributed by atoms with Crippen LogP contribution in [0.3, 0.4) is 0 Å². The largest absolute Gasteiger partial charge is 0.497 e. The number of urea groups is 1. The number of nitrogens with zero attached hydrogens (tertiary/aromatic N) is 1. The zero-order chi connectivity index (χ0) is 21.1. The summed E-state index contributed by atoms with van der Waals surface area (Å²) in [5.41, 5.74) is 2.64. The maximum Gasteiger partial charge on any atom is 0.324 e. The topological polar surface area (TPSA) is 104 Å². The number of amides is 4. The van der Waals surface area contributed by atoms with E-state index in [-0.39, 0.29) is 24.8 Å². The lowest BCUT2D eigenvalue weighted by Gasteiger charge is -2.13. The Kier molecular flexibility index (Phi) is 5.38. The second-order valence-electron chi connectivity index (χ2n) is 7.08. The van der Waals surface area contributed by atoms with Crippen LogP contribution in [0.1, 0.15) is 12.0 Å². The fraction of sp³-hybridized carbons (Fsp3) is 0.227. The van der Waals surface area contributed by atoms with E-state index in [1.165, 1.54) is 4.90 Å². The second kappa shape index (κ2) is 8.28. The summed E-state index contributed by atoms with van der Waals surface area (Å²) in [4.78, 5) is 41.6. The highest BCUT2D eigenvalue weighted by Gasteiger charge is 2.38. The number of anilines is 1. The number of hydrogen-bond acceptors (Lipinski definition) is 4. The predicted octanol–water partition coefficient (Wildman–Crippen LogP) is 2.67. The monoisotopic (exact) mass is 406 g/mol. The highest BCUT2D eigenvalue weighted by Crippen LogP contribution is 2.20. The Hall–Kier alpha value is -3.81. The van der Waals surface area contributed by atoms with Crippen molar-refractivity contribution < 1.29 is 19.1 Å². The molecule has 8 heteroatoms. The number of fused-ring (bicyclic) bond motifs is 1. The van der Waals surface area contributed by atoms with Crippen molar-refractivity contribution in [3.63, 3.8) is 0 Å². The zero-order valence-electron chi connectivity index (χ0n) is 16.5. The fourth-order valence-corrected chi connectivity index (χ4v) is 3.57. The summed E-state index contributed by atoms with van der Waals surface area (Å²) >= 11 is 0. The van der Waals surface area contributed by atoms with Crippen molar-refractivity contribution in [3.8, 4) is 5.75 Å². The normalized spacial score (nSPS) is 16.0. The summed E-state index contributed by atoms with van der Waals surface area (Å²) in [6.45, 7) is 0.253. The van der Waals surface area contributed by atoms with Gasteiger partial charge in [-0.3, -0.25) is 14.5 Å². The molecule has 1 aliphatic heterocycles. The van der Waals surface area contributed by atoms with E-state index >= 15 is 0 Å². The SMILES string of the molecule is COc1ccc(NC(=O)C[C@@H]2NC(=O)N(CCc3c[nH]c4ccccc34)C2=O)cc1. The molecule has 3 N–H and O–H groups in total. The molecule has 0 bridgehead atoms. The predicted molar refractivity (Wildman–Crippen MR) is 112 cm³/mol. The minimum atomic E-state index is -0.862. The lowest BCUT2D eigenvalue weighted by atomic mass is 10.1. The molecule has 2 heterocycles. The maximum absolute atomic E-state index is 12.6. The first kappa shape index (κ1) is 19.5. The van der Waals surface area contributed by atoms with E-state index in [0.717, 1.165) is 16.5 Å². The van der Waals surface area contributed by atoms with Crippen LogP contribution in [0, 0.1) is 0 Å². The number of benzene rings is 2. The van der Waals surface area contributed by atoms with Crippen LogP contribution in [0.25, 0.3) is 10.9 Å². The van der Waals surface area contributed by atoms with Gasteiger partial charge in [-0.15, -0.1) is 0 Å². The maximum atomic E-state index is 12.6. The number of aromatic amines is 1. The number of carbonyl (C=O) groups excluding carboxylic acids is 3. The van der Waals surface area contributed by atoms with Crippen molar-refractivity contribution in [2.24, 2.45) is 0 Å². The van der Waals surface area contributed by atoms with Crippen LogP contribution in [0.2, 0.25) is 0 Å². The molecule has 30 heavy (non-hydrogen) atoms. The third-order valence-electron chi connectivity index (χ3n) is 5.15. The van der Waals surface area contributed by atoms with Crippen molar-refractivity contribution in [2.45, 2.75) is 18.9 Å². The Balaban J connectivity index is 1.34. The van der Waals surface area contributed by atoms with E-state index in [4.69, 9.17) is 4.74 Å².